The van der Waals surface area contributed by atoms with Crippen LogP contribution in [0.15, 0.2) is 18.5 Å². The first-order valence-corrected chi connectivity index (χ1v) is 9.11. The summed E-state index contributed by atoms with van der Waals surface area (Å²) in [6.45, 7) is 3.48. The van der Waals surface area contributed by atoms with Gasteiger partial charge in [-0.15, -0.1) is 0 Å². The Kier molecular flexibility index (Phi) is 5.36. The predicted molar refractivity (Wildman–Crippen MR) is 85.1 cm³/mol. The summed E-state index contributed by atoms with van der Waals surface area (Å²) in [5.74, 6) is 0.308. The number of hydrogen-bond acceptors (Lipinski definition) is 4. The van der Waals surface area contributed by atoms with Gasteiger partial charge in [0.25, 0.3) is 0 Å². The molecule has 1 aliphatic rings. The van der Waals surface area contributed by atoms with Crippen molar-refractivity contribution in [3.8, 4) is 0 Å². The molecule has 0 spiro atoms. The maximum absolute atomic E-state index is 11.9. The molecule has 0 aromatic carbocycles. The maximum atomic E-state index is 11.9. The van der Waals surface area contributed by atoms with E-state index in [4.69, 9.17) is 0 Å². The Morgan fingerprint density at radius 1 is 1.41 bits per heavy atom. The largest absolute Gasteiger partial charge is 0.338 e. The second-order valence-electron chi connectivity index (χ2n) is 5.63. The zero-order chi connectivity index (χ0) is 16.2. The first kappa shape index (κ1) is 16.7. The van der Waals surface area contributed by atoms with Crippen LogP contribution in [0, 0.1) is 12.8 Å². The van der Waals surface area contributed by atoms with Crippen molar-refractivity contribution in [1.29, 1.82) is 0 Å². The number of hydrogen-bond donors (Lipinski definition) is 2. The monoisotopic (exact) mass is 326 g/mol. The van der Waals surface area contributed by atoms with Gasteiger partial charge in [-0.1, -0.05) is 0 Å². The molecule has 0 atom stereocenters. The number of anilines is 1. The Bertz CT molecular complexity index is 625. The van der Waals surface area contributed by atoms with Gasteiger partial charge in [0.15, 0.2) is 0 Å². The predicted octanol–water partition coefficient (Wildman–Crippen LogP) is 1.18. The van der Waals surface area contributed by atoms with Crippen LogP contribution in [-0.4, -0.2) is 49.6 Å². The lowest BCUT2D eigenvalue weighted by atomic mass is 9.98. The van der Waals surface area contributed by atoms with Crippen molar-refractivity contribution in [2.75, 3.05) is 31.2 Å². The molecule has 22 heavy (non-hydrogen) atoms. The Morgan fingerprint density at radius 2 is 2.09 bits per heavy atom. The second kappa shape index (κ2) is 7.06. The summed E-state index contributed by atoms with van der Waals surface area (Å²) in [6, 6.07) is 1.50. The van der Waals surface area contributed by atoms with Gasteiger partial charge >= 0.3 is 6.03 Å². The van der Waals surface area contributed by atoms with Crippen LogP contribution in [0.25, 0.3) is 0 Å². The number of urea groups is 1. The van der Waals surface area contributed by atoms with Gasteiger partial charge in [-0.25, -0.2) is 17.5 Å². The number of piperidine rings is 1. The average Bonchev–Trinajstić information content (AvgIpc) is 2.47. The number of aromatic nitrogens is 1. The average molecular weight is 326 g/mol. The van der Waals surface area contributed by atoms with Crippen molar-refractivity contribution in [2.24, 2.45) is 5.92 Å². The number of rotatable bonds is 4. The fourth-order valence-electron chi connectivity index (χ4n) is 2.46. The second-order valence-corrected chi connectivity index (χ2v) is 7.61. The first-order chi connectivity index (χ1) is 10.4. The molecule has 2 N–H and O–H groups in total. The molecular weight excluding hydrogens is 304 g/mol. The summed E-state index contributed by atoms with van der Waals surface area (Å²) >= 11 is 0. The van der Waals surface area contributed by atoms with Crippen molar-refractivity contribution < 1.29 is 13.2 Å². The van der Waals surface area contributed by atoms with Crippen LogP contribution in [0.3, 0.4) is 0 Å². The summed E-state index contributed by atoms with van der Waals surface area (Å²) in [6.07, 6.45) is 6.08. The molecule has 0 bridgehead atoms. The van der Waals surface area contributed by atoms with E-state index >= 15 is 0 Å². The van der Waals surface area contributed by atoms with Gasteiger partial charge in [0.2, 0.25) is 10.0 Å². The standard InChI is InChI=1S/C14H22N4O3S/c1-11-9-15-6-3-13(11)17-14(19)16-10-12-4-7-18(8-5-12)22(2,20)21/h3,6,9,12H,4-5,7-8,10H2,1-2H3,(H2,15,16,17,19). The van der Waals surface area contributed by atoms with Crippen LogP contribution in [-0.2, 0) is 10.0 Å². The van der Waals surface area contributed by atoms with Crippen molar-refractivity contribution in [3.63, 3.8) is 0 Å². The van der Waals surface area contributed by atoms with Crippen molar-refractivity contribution in [2.45, 2.75) is 19.8 Å². The molecule has 2 amide bonds. The lowest BCUT2D eigenvalue weighted by Crippen LogP contribution is -2.41. The molecule has 1 aromatic heterocycles. The van der Waals surface area contributed by atoms with E-state index in [1.54, 1.807) is 18.5 Å². The minimum absolute atomic E-state index is 0.250. The highest BCUT2D eigenvalue weighted by Gasteiger charge is 2.24. The summed E-state index contributed by atoms with van der Waals surface area (Å²) < 4.78 is 24.4. The molecule has 0 saturated carbocycles. The van der Waals surface area contributed by atoms with Crippen molar-refractivity contribution in [3.05, 3.63) is 24.0 Å². The third-order valence-corrected chi connectivity index (χ3v) is 5.17. The molecule has 1 aromatic rings. The molecule has 0 radical (unpaired) electrons. The van der Waals surface area contributed by atoms with Gasteiger partial charge < -0.3 is 10.6 Å². The topological polar surface area (TPSA) is 91.4 Å². The summed E-state index contributed by atoms with van der Waals surface area (Å²) in [7, 11) is -3.10. The van der Waals surface area contributed by atoms with E-state index in [1.807, 2.05) is 6.92 Å². The van der Waals surface area contributed by atoms with E-state index in [9.17, 15) is 13.2 Å². The highest BCUT2D eigenvalue weighted by molar-refractivity contribution is 7.88. The van der Waals surface area contributed by atoms with Gasteiger partial charge in [0.05, 0.1) is 6.26 Å². The molecule has 1 fully saturated rings. The number of pyridine rings is 1. The fourth-order valence-corrected chi connectivity index (χ4v) is 3.34. The zero-order valence-electron chi connectivity index (χ0n) is 12.9. The molecule has 0 aliphatic carbocycles. The number of carbonyl (C=O) groups excluding carboxylic acids is 1. The molecule has 122 valence electrons. The first-order valence-electron chi connectivity index (χ1n) is 7.27. The van der Waals surface area contributed by atoms with Crippen molar-refractivity contribution >= 4 is 21.7 Å². The zero-order valence-corrected chi connectivity index (χ0v) is 13.7. The quantitative estimate of drug-likeness (QED) is 0.869. The third-order valence-electron chi connectivity index (χ3n) is 3.86. The number of amides is 2. The van der Waals surface area contributed by atoms with Crippen LogP contribution >= 0.6 is 0 Å². The summed E-state index contributed by atoms with van der Waals surface area (Å²) in [4.78, 5) is 15.9. The Morgan fingerprint density at radius 3 is 2.68 bits per heavy atom. The summed E-state index contributed by atoms with van der Waals surface area (Å²) in [5, 5.41) is 5.63. The molecular formula is C14H22N4O3S. The number of nitrogens with zero attached hydrogens (tertiary/aromatic N) is 2. The molecule has 7 nitrogen and oxygen atoms in total. The maximum Gasteiger partial charge on any atom is 0.319 e. The number of carbonyl (C=O) groups is 1. The Balaban J connectivity index is 1.75. The van der Waals surface area contributed by atoms with Gasteiger partial charge in [-0.2, -0.15) is 0 Å². The molecule has 0 unspecified atom stereocenters. The molecule has 2 rings (SSSR count). The van der Waals surface area contributed by atoms with E-state index in [1.165, 1.54) is 10.6 Å². The van der Waals surface area contributed by atoms with E-state index in [0.717, 1.165) is 24.1 Å². The number of sulfonamides is 1. The van der Waals surface area contributed by atoms with Crippen LogP contribution in [0.2, 0.25) is 0 Å². The van der Waals surface area contributed by atoms with Gasteiger partial charge in [-0.3, -0.25) is 4.98 Å². The smallest absolute Gasteiger partial charge is 0.319 e. The lowest BCUT2D eigenvalue weighted by molar-refractivity contribution is 0.241. The summed E-state index contributed by atoms with van der Waals surface area (Å²) in [5.41, 5.74) is 1.64. The van der Waals surface area contributed by atoms with Crippen LogP contribution in [0.4, 0.5) is 10.5 Å². The minimum atomic E-state index is -3.10. The molecule has 2 heterocycles. The molecule has 1 saturated heterocycles. The highest BCUT2D eigenvalue weighted by Crippen LogP contribution is 2.18. The van der Waals surface area contributed by atoms with Crippen LogP contribution in [0.5, 0.6) is 0 Å². The highest BCUT2D eigenvalue weighted by atomic mass is 32.2. The van der Waals surface area contributed by atoms with Crippen LogP contribution < -0.4 is 10.6 Å². The third kappa shape index (κ3) is 4.67. The molecule has 1 aliphatic heterocycles. The number of nitrogens with one attached hydrogen (secondary N) is 2. The van der Waals surface area contributed by atoms with E-state index in [0.29, 0.717) is 25.6 Å². The van der Waals surface area contributed by atoms with Gasteiger partial charge in [-0.05, 0) is 37.3 Å². The Labute approximate surface area is 131 Å². The SMILES string of the molecule is Cc1cnccc1NC(=O)NCC1CCN(S(C)(=O)=O)CC1. The van der Waals surface area contributed by atoms with Crippen LogP contribution in [0.1, 0.15) is 18.4 Å². The molecule has 8 heteroatoms. The minimum Gasteiger partial charge on any atom is -0.338 e. The van der Waals surface area contributed by atoms with Gasteiger partial charge in [0, 0.05) is 37.7 Å². The van der Waals surface area contributed by atoms with E-state index in [-0.39, 0.29) is 6.03 Å². The van der Waals surface area contributed by atoms with E-state index in [2.05, 4.69) is 15.6 Å². The fraction of sp³-hybridized carbons (Fsp3) is 0.571. The van der Waals surface area contributed by atoms with Crippen molar-refractivity contribution in [1.82, 2.24) is 14.6 Å². The Hall–Kier alpha value is -1.67. The number of aryl methyl sites for hydroxylation is 1. The normalized spacial score (nSPS) is 17.2. The van der Waals surface area contributed by atoms with E-state index < -0.39 is 10.0 Å². The van der Waals surface area contributed by atoms with Gasteiger partial charge in [0.1, 0.15) is 0 Å². The lowest BCUT2D eigenvalue weighted by Gasteiger charge is -2.30.